The maximum atomic E-state index is 11.2. The molecule has 2 unspecified atom stereocenters. The van der Waals surface area contributed by atoms with E-state index >= 15 is 0 Å². The van der Waals surface area contributed by atoms with E-state index in [0.717, 1.165) is 35.3 Å². The van der Waals surface area contributed by atoms with Crippen molar-refractivity contribution in [3.8, 4) is 0 Å². The van der Waals surface area contributed by atoms with E-state index in [2.05, 4.69) is 43.9 Å². The molecule has 4 rings (SSSR count). The normalized spacial score (nSPS) is 19.7. The third-order valence-electron chi connectivity index (χ3n) is 5.50. The summed E-state index contributed by atoms with van der Waals surface area (Å²) in [6.45, 7) is 7.62. The minimum Gasteiger partial charge on any atom is -0.365 e. The minimum atomic E-state index is 0.0206. The fourth-order valence-corrected chi connectivity index (χ4v) is 5.54. The third kappa shape index (κ3) is 3.39. The van der Waals surface area contributed by atoms with Gasteiger partial charge in [-0.15, -0.1) is 11.3 Å². The topological polar surface area (TPSA) is 33.2 Å². The maximum absolute atomic E-state index is 11.2. The van der Waals surface area contributed by atoms with Gasteiger partial charge in [0.05, 0.1) is 15.5 Å². The van der Waals surface area contributed by atoms with Crippen LogP contribution in [0.3, 0.4) is 0 Å². The van der Waals surface area contributed by atoms with Crippen LogP contribution in [-0.2, 0) is 0 Å². The van der Waals surface area contributed by atoms with E-state index in [4.69, 9.17) is 17.6 Å². The highest BCUT2D eigenvalue weighted by molar-refractivity contribution is 7.80. The van der Waals surface area contributed by atoms with Crippen molar-refractivity contribution in [3.05, 3.63) is 58.6 Å². The molecule has 0 saturated heterocycles. The molecule has 140 valence electrons. The van der Waals surface area contributed by atoms with Crippen LogP contribution < -0.4 is 4.90 Å². The molecule has 2 heterocycles. The molecule has 3 nitrogen and oxygen atoms in total. The molecule has 2 aromatic carbocycles. The van der Waals surface area contributed by atoms with Gasteiger partial charge in [-0.1, -0.05) is 19.1 Å². The Labute approximate surface area is 169 Å². The summed E-state index contributed by atoms with van der Waals surface area (Å²) in [4.78, 5) is 18.5. The number of carbonyl (C=O) groups excluding carboxylic acids is 1. The lowest BCUT2D eigenvalue weighted by Crippen LogP contribution is -2.49. The lowest BCUT2D eigenvalue weighted by molar-refractivity contribution is 0.112. The second kappa shape index (κ2) is 6.95. The maximum Gasteiger partial charge on any atom is 0.150 e. The average Bonchev–Trinajstić information content (AvgIpc) is 3.08. The third-order valence-corrected chi connectivity index (χ3v) is 7.23. The van der Waals surface area contributed by atoms with Gasteiger partial charge in [0.2, 0.25) is 0 Å². The van der Waals surface area contributed by atoms with Gasteiger partial charge in [-0.05, 0) is 62.1 Å². The fraction of sp³-hybridized carbons (Fsp3) is 0.364. The molecule has 1 aliphatic heterocycles. The van der Waals surface area contributed by atoms with E-state index < -0.39 is 0 Å². The van der Waals surface area contributed by atoms with Gasteiger partial charge in [0.25, 0.3) is 0 Å². The van der Waals surface area contributed by atoms with E-state index in [-0.39, 0.29) is 10.8 Å². The summed E-state index contributed by atoms with van der Waals surface area (Å²) in [6.07, 6.45) is 1.97. The standard InChI is InChI=1S/C22H24N2OS2/c1-14-11-22(2,3)24(18-9-8-15(13-25)10-16(14)18)12-19(26)21-23-17-6-4-5-7-20(17)27-21/h4-10,13-14,19,26H,11-12H2,1-3H3. The van der Waals surface area contributed by atoms with Crippen LogP contribution >= 0.6 is 24.0 Å². The van der Waals surface area contributed by atoms with Gasteiger partial charge in [-0.3, -0.25) is 4.79 Å². The SMILES string of the molecule is CC1CC(C)(C)N(CC(S)c2nc3ccccc3s2)c2ccc(C=O)cc21. The van der Waals surface area contributed by atoms with Gasteiger partial charge < -0.3 is 4.90 Å². The summed E-state index contributed by atoms with van der Waals surface area (Å²) in [5.41, 5.74) is 4.27. The number of fused-ring (bicyclic) bond motifs is 2. The van der Waals surface area contributed by atoms with Crippen LogP contribution in [0.25, 0.3) is 10.2 Å². The van der Waals surface area contributed by atoms with Crippen LogP contribution in [0.15, 0.2) is 42.5 Å². The summed E-state index contributed by atoms with van der Waals surface area (Å²) in [7, 11) is 0. The van der Waals surface area contributed by atoms with Crippen molar-refractivity contribution in [1.82, 2.24) is 4.98 Å². The number of thiazole rings is 1. The predicted molar refractivity (Wildman–Crippen MR) is 118 cm³/mol. The fourth-order valence-electron chi connectivity index (χ4n) is 4.21. The largest absolute Gasteiger partial charge is 0.365 e. The van der Waals surface area contributed by atoms with E-state index in [1.165, 1.54) is 16.0 Å². The Kier molecular flexibility index (Phi) is 4.77. The lowest BCUT2D eigenvalue weighted by Gasteiger charge is -2.48. The van der Waals surface area contributed by atoms with Crippen LogP contribution in [0, 0.1) is 0 Å². The van der Waals surface area contributed by atoms with Gasteiger partial charge in [-0.2, -0.15) is 12.6 Å². The number of carbonyl (C=O) groups is 1. The first-order valence-electron chi connectivity index (χ1n) is 9.29. The molecule has 0 bridgehead atoms. The summed E-state index contributed by atoms with van der Waals surface area (Å²) in [5.74, 6) is 0.423. The molecule has 0 fully saturated rings. The minimum absolute atomic E-state index is 0.0206. The molecule has 0 amide bonds. The summed E-state index contributed by atoms with van der Waals surface area (Å²) >= 11 is 6.64. The highest BCUT2D eigenvalue weighted by atomic mass is 32.1. The van der Waals surface area contributed by atoms with Crippen LogP contribution in [0.4, 0.5) is 5.69 Å². The number of para-hydroxylation sites is 1. The first kappa shape index (κ1) is 18.5. The zero-order valence-corrected chi connectivity index (χ0v) is 17.6. The smallest absolute Gasteiger partial charge is 0.150 e. The number of aldehydes is 1. The molecule has 0 aliphatic carbocycles. The summed E-state index contributed by atoms with van der Waals surface area (Å²) in [5, 5.41) is 1.09. The molecule has 0 saturated carbocycles. The van der Waals surface area contributed by atoms with Crippen molar-refractivity contribution >= 4 is 46.2 Å². The lowest BCUT2D eigenvalue weighted by atomic mass is 9.79. The molecular weight excluding hydrogens is 372 g/mol. The second-order valence-corrected chi connectivity index (χ2v) is 9.69. The molecule has 0 spiro atoms. The van der Waals surface area contributed by atoms with Crippen LogP contribution in [0.1, 0.15) is 59.3 Å². The number of rotatable bonds is 4. The number of thiol groups is 1. The Balaban J connectivity index is 1.69. The zero-order chi connectivity index (χ0) is 19.2. The average molecular weight is 397 g/mol. The molecule has 27 heavy (non-hydrogen) atoms. The molecule has 5 heteroatoms. The monoisotopic (exact) mass is 396 g/mol. The Morgan fingerprint density at radius 1 is 1.33 bits per heavy atom. The number of aromatic nitrogens is 1. The van der Waals surface area contributed by atoms with Crippen LogP contribution in [0.5, 0.6) is 0 Å². The Hall–Kier alpha value is -1.85. The van der Waals surface area contributed by atoms with Gasteiger partial charge in [0.1, 0.15) is 11.3 Å². The Morgan fingerprint density at radius 2 is 2.11 bits per heavy atom. The molecule has 1 aliphatic rings. The predicted octanol–water partition coefficient (Wildman–Crippen LogP) is 5.87. The highest BCUT2D eigenvalue weighted by Gasteiger charge is 2.37. The molecular formula is C22H24N2OS2. The number of hydrogen-bond donors (Lipinski definition) is 1. The molecule has 0 radical (unpaired) electrons. The van der Waals surface area contributed by atoms with E-state index in [0.29, 0.717) is 5.92 Å². The van der Waals surface area contributed by atoms with E-state index in [1.54, 1.807) is 11.3 Å². The number of benzene rings is 2. The number of hydrogen-bond acceptors (Lipinski definition) is 5. The van der Waals surface area contributed by atoms with Crippen LogP contribution in [0.2, 0.25) is 0 Å². The van der Waals surface area contributed by atoms with Crippen molar-refractivity contribution in [3.63, 3.8) is 0 Å². The van der Waals surface area contributed by atoms with Crippen molar-refractivity contribution in [2.24, 2.45) is 0 Å². The number of nitrogens with zero attached hydrogens (tertiary/aromatic N) is 2. The first-order chi connectivity index (χ1) is 12.9. The van der Waals surface area contributed by atoms with Gasteiger partial charge >= 0.3 is 0 Å². The second-order valence-electron chi connectivity index (χ2n) is 8.00. The van der Waals surface area contributed by atoms with Crippen molar-refractivity contribution < 1.29 is 4.79 Å². The molecule has 1 aromatic heterocycles. The Bertz CT molecular complexity index is 962. The quantitative estimate of drug-likeness (QED) is 0.442. The zero-order valence-electron chi connectivity index (χ0n) is 15.8. The van der Waals surface area contributed by atoms with Crippen molar-refractivity contribution in [1.29, 1.82) is 0 Å². The van der Waals surface area contributed by atoms with Crippen molar-refractivity contribution in [2.75, 3.05) is 11.4 Å². The molecule has 0 N–H and O–H groups in total. The van der Waals surface area contributed by atoms with Gasteiger partial charge in [0, 0.05) is 23.3 Å². The molecule has 3 aromatic rings. The molecule has 2 atom stereocenters. The highest BCUT2D eigenvalue weighted by Crippen LogP contribution is 2.45. The Morgan fingerprint density at radius 3 is 2.85 bits per heavy atom. The first-order valence-corrected chi connectivity index (χ1v) is 10.6. The van der Waals surface area contributed by atoms with Gasteiger partial charge in [-0.25, -0.2) is 4.98 Å². The van der Waals surface area contributed by atoms with Crippen LogP contribution in [-0.4, -0.2) is 23.4 Å². The van der Waals surface area contributed by atoms with E-state index in [9.17, 15) is 4.79 Å². The summed E-state index contributed by atoms with van der Waals surface area (Å²) in [6, 6.07) is 14.3. The number of anilines is 1. The summed E-state index contributed by atoms with van der Waals surface area (Å²) < 4.78 is 1.20. The van der Waals surface area contributed by atoms with Gasteiger partial charge in [0.15, 0.2) is 0 Å². The van der Waals surface area contributed by atoms with E-state index in [1.807, 2.05) is 24.3 Å². The van der Waals surface area contributed by atoms with Crippen molar-refractivity contribution in [2.45, 2.75) is 43.9 Å².